The number of aliphatic carboxylic acids is 1. The number of carboxylic acid groups (broad SMARTS) is 1. The predicted octanol–water partition coefficient (Wildman–Crippen LogP) is 2.86. The maximum atomic E-state index is 12.9. The fourth-order valence-electron chi connectivity index (χ4n) is 3.65. The van der Waals surface area contributed by atoms with Crippen molar-refractivity contribution in [3.8, 4) is 0 Å². The molecular weight excluding hydrogens is 266 g/mol. The summed E-state index contributed by atoms with van der Waals surface area (Å²) in [6.45, 7) is 2.08. The maximum Gasteiger partial charge on any atom is 0.306 e. The van der Waals surface area contributed by atoms with Crippen molar-refractivity contribution in [2.24, 2.45) is 11.8 Å². The van der Waals surface area contributed by atoms with Gasteiger partial charge in [0.2, 0.25) is 5.91 Å². The van der Waals surface area contributed by atoms with Crippen molar-refractivity contribution in [2.75, 3.05) is 4.90 Å². The molecular formula is C17H21NO3. The third-order valence-corrected chi connectivity index (χ3v) is 4.89. The van der Waals surface area contributed by atoms with Crippen LogP contribution < -0.4 is 4.90 Å². The fourth-order valence-corrected chi connectivity index (χ4v) is 3.65. The van der Waals surface area contributed by atoms with Gasteiger partial charge in [-0.15, -0.1) is 0 Å². The van der Waals surface area contributed by atoms with Gasteiger partial charge < -0.3 is 10.0 Å². The molecule has 1 aliphatic carbocycles. The highest BCUT2D eigenvalue weighted by Crippen LogP contribution is 2.37. The molecule has 1 saturated carbocycles. The minimum atomic E-state index is -0.766. The Morgan fingerprint density at radius 1 is 1.14 bits per heavy atom. The van der Waals surface area contributed by atoms with Gasteiger partial charge in [-0.3, -0.25) is 9.59 Å². The van der Waals surface area contributed by atoms with E-state index in [1.165, 1.54) is 5.56 Å². The minimum absolute atomic E-state index is 0.110. The summed E-state index contributed by atoms with van der Waals surface area (Å²) in [4.78, 5) is 25.9. The van der Waals surface area contributed by atoms with Crippen molar-refractivity contribution < 1.29 is 14.7 Å². The van der Waals surface area contributed by atoms with Crippen molar-refractivity contribution in [1.82, 2.24) is 0 Å². The lowest BCUT2D eigenvalue weighted by atomic mass is 9.94. The average molecular weight is 287 g/mol. The maximum absolute atomic E-state index is 12.9. The Hall–Kier alpha value is -1.84. The van der Waals surface area contributed by atoms with Gasteiger partial charge in [-0.25, -0.2) is 0 Å². The highest BCUT2D eigenvalue weighted by molar-refractivity contribution is 5.97. The Kier molecular flexibility index (Phi) is 3.70. The summed E-state index contributed by atoms with van der Waals surface area (Å²) in [5, 5.41) is 9.11. The number of hydrogen-bond donors (Lipinski definition) is 1. The molecule has 0 bridgehead atoms. The van der Waals surface area contributed by atoms with E-state index in [1.807, 2.05) is 23.1 Å². The van der Waals surface area contributed by atoms with Crippen molar-refractivity contribution in [3.05, 3.63) is 29.8 Å². The van der Waals surface area contributed by atoms with E-state index in [-0.39, 0.29) is 23.8 Å². The molecule has 21 heavy (non-hydrogen) atoms. The number of para-hydroxylation sites is 1. The number of carboxylic acids is 1. The SMILES string of the molecule is CC1CCc2ccccc2N1C(=O)C1CCC(C(=O)O)C1. The number of fused-ring (bicyclic) bond motifs is 1. The molecule has 112 valence electrons. The predicted molar refractivity (Wildman–Crippen MR) is 80.2 cm³/mol. The van der Waals surface area contributed by atoms with Crippen LogP contribution in [0.4, 0.5) is 5.69 Å². The van der Waals surface area contributed by atoms with E-state index < -0.39 is 5.97 Å². The second-order valence-electron chi connectivity index (χ2n) is 6.27. The van der Waals surface area contributed by atoms with Crippen molar-refractivity contribution in [2.45, 2.75) is 45.1 Å². The van der Waals surface area contributed by atoms with Crippen LogP contribution in [0.1, 0.15) is 38.2 Å². The van der Waals surface area contributed by atoms with E-state index in [9.17, 15) is 9.59 Å². The molecule has 1 aromatic carbocycles. The smallest absolute Gasteiger partial charge is 0.306 e. The quantitative estimate of drug-likeness (QED) is 0.910. The van der Waals surface area contributed by atoms with Gasteiger partial charge in [-0.1, -0.05) is 18.2 Å². The van der Waals surface area contributed by atoms with Gasteiger partial charge in [-0.05, 0) is 50.7 Å². The summed E-state index contributed by atoms with van der Waals surface area (Å²) in [6, 6.07) is 8.25. The first-order valence-corrected chi connectivity index (χ1v) is 7.71. The number of amides is 1. The van der Waals surface area contributed by atoms with Crippen LogP contribution in [0.3, 0.4) is 0 Å². The monoisotopic (exact) mass is 287 g/mol. The molecule has 0 radical (unpaired) electrons. The van der Waals surface area contributed by atoms with Crippen molar-refractivity contribution in [1.29, 1.82) is 0 Å². The van der Waals surface area contributed by atoms with Crippen LogP contribution in [0.5, 0.6) is 0 Å². The van der Waals surface area contributed by atoms with E-state index in [0.717, 1.165) is 18.5 Å². The summed E-state index contributed by atoms with van der Waals surface area (Å²) in [5.41, 5.74) is 2.23. The number of anilines is 1. The van der Waals surface area contributed by atoms with E-state index in [2.05, 4.69) is 13.0 Å². The van der Waals surface area contributed by atoms with Gasteiger partial charge in [0.05, 0.1) is 5.92 Å². The molecule has 1 aromatic rings. The molecule has 1 heterocycles. The molecule has 0 spiro atoms. The van der Waals surface area contributed by atoms with Crippen LogP contribution in [0.2, 0.25) is 0 Å². The topological polar surface area (TPSA) is 57.6 Å². The van der Waals surface area contributed by atoms with Crippen LogP contribution in [-0.2, 0) is 16.0 Å². The molecule has 4 nitrogen and oxygen atoms in total. The van der Waals surface area contributed by atoms with Crippen LogP contribution in [0.25, 0.3) is 0 Å². The molecule has 4 heteroatoms. The van der Waals surface area contributed by atoms with E-state index in [1.54, 1.807) is 0 Å². The zero-order valence-electron chi connectivity index (χ0n) is 12.3. The normalized spacial score (nSPS) is 28.2. The summed E-state index contributed by atoms with van der Waals surface area (Å²) < 4.78 is 0. The molecule has 2 aliphatic rings. The number of aryl methyl sites for hydroxylation is 1. The van der Waals surface area contributed by atoms with Crippen molar-refractivity contribution in [3.63, 3.8) is 0 Å². The number of carbonyl (C=O) groups is 2. The van der Waals surface area contributed by atoms with Gasteiger partial charge in [0, 0.05) is 17.6 Å². The van der Waals surface area contributed by atoms with E-state index >= 15 is 0 Å². The van der Waals surface area contributed by atoms with Gasteiger partial charge >= 0.3 is 5.97 Å². The number of rotatable bonds is 2. The number of benzene rings is 1. The molecule has 0 aromatic heterocycles. The van der Waals surface area contributed by atoms with Gasteiger partial charge in [0.15, 0.2) is 0 Å². The second-order valence-corrected chi connectivity index (χ2v) is 6.27. The standard InChI is InChI=1S/C17H21NO3/c1-11-6-7-12-4-2-3-5-15(12)18(11)16(19)13-8-9-14(10-13)17(20)21/h2-5,11,13-14H,6-10H2,1H3,(H,20,21). The summed E-state index contributed by atoms with van der Waals surface area (Å²) in [5.74, 6) is -1.15. The molecule has 1 amide bonds. The summed E-state index contributed by atoms with van der Waals surface area (Å²) in [7, 11) is 0. The molecule has 0 saturated heterocycles. The molecule has 3 atom stereocenters. The average Bonchev–Trinajstić information content (AvgIpc) is 2.96. The van der Waals surface area contributed by atoms with Gasteiger partial charge in [0.25, 0.3) is 0 Å². The highest BCUT2D eigenvalue weighted by Gasteiger charge is 2.38. The zero-order valence-corrected chi connectivity index (χ0v) is 12.3. The lowest BCUT2D eigenvalue weighted by molar-refractivity contribution is -0.141. The minimum Gasteiger partial charge on any atom is -0.481 e. The Balaban J connectivity index is 1.83. The van der Waals surface area contributed by atoms with E-state index in [0.29, 0.717) is 19.3 Å². The molecule has 1 fully saturated rings. The first-order valence-electron chi connectivity index (χ1n) is 7.71. The third-order valence-electron chi connectivity index (χ3n) is 4.89. The lowest BCUT2D eigenvalue weighted by Gasteiger charge is -2.37. The number of hydrogen-bond acceptors (Lipinski definition) is 2. The largest absolute Gasteiger partial charge is 0.481 e. The molecule has 1 N–H and O–H groups in total. The van der Waals surface area contributed by atoms with E-state index in [4.69, 9.17) is 5.11 Å². The molecule has 1 aliphatic heterocycles. The van der Waals surface area contributed by atoms with Crippen molar-refractivity contribution >= 4 is 17.6 Å². The Bertz CT molecular complexity index is 569. The van der Waals surface area contributed by atoms with Crippen LogP contribution in [-0.4, -0.2) is 23.0 Å². The van der Waals surface area contributed by atoms with Gasteiger partial charge in [-0.2, -0.15) is 0 Å². The summed E-state index contributed by atoms with van der Waals surface area (Å²) >= 11 is 0. The number of nitrogens with zero attached hydrogens (tertiary/aromatic N) is 1. The number of carbonyl (C=O) groups excluding carboxylic acids is 1. The van der Waals surface area contributed by atoms with Gasteiger partial charge in [0.1, 0.15) is 0 Å². The second kappa shape index (κ2) is 5.51. The first kappa shape index (κ1) is 14.1. The van der Waals surface area contributed by atoms with Crippen LogP contribution in [0, 0.1) is 11.8 Å². The highest BCUT2D eigenvalue weighted by atomic mass is 16.4. The summed E-state index contributed by atoms with van der Waals surface area (Å²) in [6.07, 6.45) is 3.78. The van der Waals surface area contributed by atoms with Crippen LogP contribution >= 0.6 is 0 Å². The third kappa shape index (κ3) is 2.55. The van der Waals surface area contributed by atoms with Crippen LogP contribution in [0.15, 0.2) is 24.3 Å². The first-order chi connectivity index (χ1) is 10.1. The Morgan fingerprint density at radius 2 is 1.86 bits per heavy atom. The Morgan fingerprint density at radius 3 is 2.57 bits per heavy atom. The molecule has 3 unspecified atom stereocenters. The Labute approximate surface area is 124 Å². The zero-order chi connectivity index (χ0) is 15.0. The lowest BCUT2D eigenvalue weighted by Crippen LogP contribution is -2.44. The molecule has 3 rings (SSSR count). The fraction of sp³-hybridized carbons (Fsp3) is 0.529.